The molecular weight excluding hydrogens is 288 g/mol. The van der Waals surface area contributed by atoms with Crippen LogP contribution < -0.4 is 4.74 Å². The van der Waals surface area contributed by atoms with Crippen molar-refractivity contribution in [2.45, 2.75) is 64.1 Å². The van der Waals surface area contributed by atoms with Gasteiger partial charge in [0.05, 0.1) is 18.3 Å². The number of benzene rings is 1. The molecule has 0 radical (unpaired) electrons. The molecule has 3 fully saturated rings. The van der Waals surface area contributed by atoms with Crippen LogP contribution in [0.15, 0.2) is 30.9 Å². The number of fused-ring (bicyclic) bond motifs is 3. The second-order valence-electron chi connectivity index (χ2n) is 7.43. The van der Waals surface area contributed by atoms with Crippen molar-refractivity contribution in [3.63, 3.8) is 0 Å². The normalized spacial score (nSPS) is 27.7. The third-order valence-electron chi connectivity index (χ3n) is 5.16. The lowest BCUT2D eigenvalue weighted by Crippen LogP contribution is -2.53. The van der Waals surface area contributed by atoms with Crippen LogP contribution in [0.25, 0.3) is 0 Å². The number of phenolic OH excluding ortho intramolecular Hbond substituents is 1. The van der Waals surface area contributed by atoms with Gasteiger partial charge in [0.15, 0.2) is 11.5 Å². The molecule has 0 atom stereocenters. The van der Waals surface area contributed by atoms with Crippen LogP contribution in [-0.2, 0) is 11.2 Å². The highest BCUT2D eigenvalue weighted by atomic mass is 16.5. The summed E-state index contributed by atoms with van der Waals surface area (Å²) in [6.07, 6.45) is 7.91. The molecule has 0 spiro atoms. The number of allylic oxidation sites excluding steroid dienone is 1. The van der Waals surface area contributed by atoms with E-state index in [9.17, 15) is 5.11 Å². The van der Waals surface area contributed by atoms with Crippen LogP contribution >= 0.6 is 0 Å². The number of aromatic hydroxyl groups is 1. The van der Waals surface area contributed by atoms with Gasteiger partial charge < -0.3 is 14.6 Å². The van der Waals surface area contributed by atoms with Crippen molar-refractivity contribution in [1.82, 2.24) is 0 Å². The monoisotopic (exact) mass is 318 g/mol. The molecule has 23 heavy (non-hydrogen) atoms. The lowest BCUT2D eigenvalue weighted by atomic mass is 9.69. The summed E-state index contributed by atoms with van der Waals surface area (Å²) in [5, 5.41) is 9.25. The van der Waals surface area contributed by atoms with E-state index >= 15 is 0 Å². The molecule has 1 aliphatic carbocycles. The summed E-state index contributed by atoms with van der Waals surface area (Å²) in [6.45, 7) is 10.4. The first kappa shape index (κ1) is 17.9. The average Bonchev–Trinajstić information content (AvgIpc) is 2.49. The van der Waals surface area contributed by atoms with Crippen LogP contribution in [0.3, 0.4) is 0 Å². The van der Waals surface area contributed by atoms with Gasteiger partial charge in [-0.2, -0.15) is 0 Å². The number of hydrogen-bond acceptors (Lipinski definition) is 3. The van der Waals surface area contributed by atoms with Gasteiger partial charge in [0.2, 0.25) is 0 Å². The summed E-state index contributed by atoms with van der Waals surface area (Å²) in [7, 11) is 1.53. The van der Waals surface area contributed by atoms with Gasteiger partial charge in [0, 0.05) is 0 Å². The van der Waals surface area contributed by atoms with Crippen molar-refractivity contribution in [3.05, 3.63) is 36.4 Å². The summed E-state index contributed by atoms with van der Waals surface area (Å²) >= 11 is 0. The van der Waals surface area contributed by atoms with E-state index < -0.39 is 0 Å². The highest BCUT2D eigenvalue weighted by Crippen LogP contribution is 2.49. The van der Waals surface area contributed by atoms with Crippen LogP contribution in [0.1, 0.15) is 52.0 Å². The minimum absolute atomic E-state index is 0.158. The maximum atomic E-state index is 9.25. The van der Waals surface area contributed by atoms with Crippen molar-refractivity contribution in [3.8, 4) is 11.5 Å². The van der Waals surface area contributed by atoms with Gasteiger partial charge >= 0.3 is 0 Å². The van der Waals surface area contributed by atoms with E-state index in [2.05, 4.69) is 27.4 Å². The number of rotatable bonds is 3. The van der Waals surface area contributed by atoms with Crippen LogP contribution in [0.2, 0.25) is 0 Å². The first-order chi connectivity index (χ1) is 10.8. The summed E-state index contributed by atoms with van der Waals surface area (Å²) in [5.41, 5.74) is 1.46. The zero-order chi connectivity index (χ0) is 17.1. The van der Waals surface area contributed by atoms with Crippen molar-refractivity contribution >= 4 is 0 Å². The third kappa shape index (κ3) is 4.29. The van der Waals surface area contributed by atoms with E-state index in [1.165, 1.54) is 32.8 Å². The number of methoxy groups -OCH3 is 1. The molecule has 1 saturated carbocycles. The predicted molar refractivity (Wildman–Crippen MR) is 94.1 cm³/mol. The highest BCUT2D eigenvalue weighted by Gasteiger charge is 2.48. The molecule has 1 aromatic carbocycles. The summed E-state index contributed by atoms with van der Waals surface area (Å²) in [4.78, 5) is 0. The lowest BCUT2D eigenvalue weighted by molar-refractivity contribution is -0.229. The molecule has 2 aliphatic heterocycles. The molecule has 1 N–H and O–H groups in total. The van der Waals surface area contributed by atoms with E-state index in [0.29, 0.717) is 5.75 Å². The Balaban J connectivity index is 0.000000167. The lowest BCUT2D eigenvalue weighted by Gasteiger charge is -2.54. The molecule has 2 saturated heterocycles. The van der Waals surface area contributed by atoms with E-state index in [1.807, 2.05) is 12.1 Å². The second kappa shape index (κ2) is 6.96. The molecule has 0 unspecified atom stereocenters. The van der Waals surface area contributed by atoms with Crippen molar-refractivity contribution in [2.75, 3.05) is 7.11 Å². The second-order valence-corrected chi connectivity index (χ2v) is 7.43. The molecule has 2 bridgehead atoms. The Morgan fingerprint density at radius 1 is 1.30 bits per heavy atom. The fourth-order valence-electron chi connectivity index (χ4n) is 3.76. The third-order valence-corrected chi connectivity index (χ3v) is 5.16. The topological polar surface area (TPSA) is 38.7 Å². The first-order valence-corrected chi connectivity index (χ1v) is 8.46. The van der Waals surface area contributed by atoms with Gasteiger partial charge in [-0.25, -0.2) is 0 Å². The van der Waals surface area contributed by atoms with E-state index in [-0.39, 0.29) is 17.0 Å². The Morgan fingerprint density at radius 2 is 1.96 bits per heavy atom. The SMILES string of the molecule is C=CCc1ccc(O)c(OC)c1.CC12CCC(CC1)C(C)(C)O2. The number of phenols is 1. The van der Waals surface area contributed by atoms with Crippen LogP contribution in [0, 0.1) is 5.92 Å². The summed E-state index contributed by atoms with van der Waals surface area (Å²) in [5.74, 6) is 1.50. The molecular formula is C20H30O3. The van der Waals surface area contributed by atoms with Gasteiger partial charge in [-0.1, -0.05) is 12.1 Å². The fourth-order valence-corrected chi connectivity index (χ4v) is 3.76. The van der Waals surface area contributed by atoms with Gasteiger partial charge in [-0.3, -0.25) is 0 Å². The minimum Gasteiger partial charge on any atom is -0.504 e. The maximum Gasteiger partial charge on any atom is 0.160 e. The zero-order valence-electron chi connectivity index (χ0n) is 14.9. The largest absolute Gasteiger partial charge is 0.504 e. The van der Waals surface area contributed by atoms with E-state index in [1.54, 1.807) is 12.1 Å². The van der Waals surface area contributed by atoms with Crippen LogP contribution in [0.4, 0.5) is 0 Å². The molecule has 4 rings (SSSR count). The smallest absolute Gasteiger partial charge is 0.160 e. The highest BCUT2D eigenvalue weighted by molar-refractivity contribution is 5.42. The molecule has 1 aromatic rings. The molecule has 0 aromatic heterocycles. The number of ether oxygens (including phenoxy) is 2. The predicted octanol–water partition coefficient (Wildman–Crippen LogP) is 4.87. The van der Waals surface area contributed by atoms with Crippen LogP contribution in [-0.4, -0.2) is 23.4 Å². The number of hydrogen-bond donors (Lipinski definition) is 1. The zero-order valence-corrected chi connectivity index (χ0v) is 14.9. The molecule has 0 amide bonds. The van der Waals surface area contributed by atoms with Gasteiger partial charge in [0.25, 0.3) is 0 Å². The molecule has 2 heterocycles. The van der Waals surface area contributed by atoms with Crippen molar-refractivity contribution < 1.29 is 14.6 Å². The Bertz CT molecular complexity index is 537. The van der Waals surface area contributed by atoms with Crippen molar-refractivity contribution in [2.24, 2.45) is 5.92 Å². The van der Waals surface area contributed by atoms with Crippen LogP contribution in [0.5, 0.6) is 11.5 Å². The molecule has 3 heteroatoms. The fraction of sp³-hybridized carbons (Fsp3) is 0.600. The molecule has 128 valence electrons. The molecule has 3 nitrogen and oxygen atoms in total. The van der Waals surface area contributed by atoms with E-state index in [4.69, 9.17) is 9.47 Å². The maximum absolute atomic E-state index is 9.25. The molecule has 3 aliphatic rings. The Kier molecular flexibility index (Phi) is 5.41. The Labute approximate surface area is 140 Å². The first-order valence-electron chi connectivity index (χ1n) is 8.46. The van der Waals surface area contributed by atoms with E-state index in [0.717, 1.165) is 17.9 Å². The average molecular weight is 318 g/mol. The minimum atomic E-state index is 0.158. The standard InChI is InChI=1S/C10H12O2.C10H18O/c1-3-4-8-5-6-9(11)10(7-8)12-2;1-9(2)8-4-6-10(3,11-9)7-5-8/h3,5-7,11H,1,4H2,2H3;8H,4-7H2,1-3H3. The summed E-state index contributed by atoms with van der Waals surface area (Å²) < 4.78 is 11.0. The quantitative estimate of drug-likeness (QED) is 0.808. The van der Waals surface area contributed by atoms with Gasteiger partial charge in [-0.05, 0) is 76.5 Å². The summed E-state index contributed by atoms with van der Waals surface area (Å²) in [6, 6.07) is 5.27. The Morgan fingerprint density at radius 3 is 2.39 bits per heavy atom. The van der Waals surface area contributed by atoms with Gasteiger partial charge in [-0.15, -0.1) is 6.58 Å². The van der Waals surface area contributed by atoms with Gasteiger partial charge in [0.1, 0.15) is 0 Å². The Hall–Kier alpha value is -1.48. The van der Waals surface area contributed by atoms with Crippen molar-refractivity contribution in [1.29, 1.82) is 0 Å².